The summed E-state index contributed by atoms with van der Waals surface area (Å²) in [6.45, 7) is 13.4. The lowest BCUT2D eigenvalue weighted by atomic mass is 9.40. The Morgan fingerprint density at radius 3 is 2.00 bits per heavy atom. The minimum absolute atomic E-state index is 0.614. The number of hydrogen-bond donors (Lipinski definition) is 0. The largest absolute Gasteiger partial charge is 0.0625 e. The van der Waals surface area contributed by atoms with Gasteiger partial charge in [-0.15, -0.1) is 0 Å². The molecule has 0 spiro atoms. The Balaban J connectivity index is 1.74. The molecule has 4 saturated carbocycles. The van der Waals surface area contributed by atoms with Crippen LogP contribution in [0.25, 0.3) is 0 Å². The average Bonchev–Trinajstić information content (AvgIpc) is 2.63. The normalized spacial score (nSPS) is 58.1. The van der Waals surface area contributed by atoms with E-state index in [9.17, 15) is 0 Å². The van der Waals surface area contributed by atoms with Crippen LogP contribution in [0.3, 0.4) is 0 Å². The molecule has 0 radical (unpaired) electrons. The van der Waals surface area contributed by atoms with Gasteiger partial charge in [0.05, 0.1) is 0 Å². The molecule has 0 nitrogen and oxygen atoms in total. The first-order valence-corrected chi connectivity index (χ1v) is 11.2. The van der Waals surface area contributed by atoms with Crippen molar-refractivity contribution >= 4 is 0 Å². The monoisotopic (exact) mass is 330 g/mol. The van der Waals surface area contributed by atoms with Crippen molar-refractivity contribution in [3.63, 3.8) is 0 Å². The van der Waals surface area contributed by atoms with E-state index in [1.165, 1.54) is 77.0 Å². The second kappa shape index (κ2) is 5.50. The van der Waals surface area contributed by atoms with Crippen molar-refractivity contribution in [3.05, 3.63) is 0 Å². The van der Waals surface area contributed by atoms with Gasteiger partial charge in [0.25, 0.3) is 0 Å². The van der Waals surface area contributed by atoms with E-state index in [4.69, 9.17) is 0 Å². The lowest BCUT2D eigenvalue weighted by Gasteiger charge is -2.65. The zero-order valence-electron chi connectivity index (χ0n) is 17.2. The molecule has 0 aliphatic heterocycles. The molecule has 0 N–H and O–H groups in total. The first-order chi connectivity index (χ1) is 11.2. The summed E-state index contributed by atoms with van der Waals surface area (Å²) in [5.41, 5.74) is 2.50. The summed E-state index contributed by atoms with van der Waals surface area (Å²) in [5, 5.41) is 0. The van der Waals surface area contributed by atoms with Gasteiger partial charge in [0.15, 0.2) is 0 Å². The van der Waals surface area contributed by atoms with Gasteiger partial charge in [0.2, 0.25) is 0 Å². The van der Waals surface area contributed by atoms with Gasteiger partial charge in [-0.05, 0) is 90.8 Å². The van der Waals surface area contributed by atoms with Crippen molar-refractivity contribution in [1.29, 1.82) is 0 Å². The highest BCUT2D eigenvalue weighted by Gasteiger charge is 2.62. The van der Waals surface area contributed by atoms with Crippen molar-refractivity contribution < 1.29 is 0 Å². The number of fused-ring (bicyclic) bond motifs is 5. The van der Waals surface area contributed by atoms with Crippen molar-refractivity contribution in [2.24, 2.45) is 39.4 Å². The molecular weight excluding hydrogens is 288 g/mol. The zero-order chi connectivity index (χ0) is 17.2. The maximum atomic E-state index is 2.75. The highest BCUT2D eigenvalue weighted by Crippen LogP contribution is 2.71. The Kier molecular flexibility index (Phi) is 3.99. The fourth-order valence-electron chi connectivity index (χ4n) is 8.72. The van der Waals surface area contributed by atoms with Crippen molar-refractivity contribution in [1.82, 2.24) is 0 Å². The van der Waals surface area contributed by atoms with E-state index >= 15 is 0 Å². The molecule has 0 aromatic rings. The summed E-state index contributed by atoms with van der Waals surface area (Å²) in [7, 11) is 0. The van der Waals surface area contributed by atoms with Gasteiger partial charge in [0.1, 0.15) is 0 Å². The zero-order valence-corrected chi connectivity index (χ0v) is 17.2. The first-order valence-electron chi connectivity index (χ1n) is 11.2. The van der Waals surface area contributed by atoms with Gasteiger partial charge in [-0.3, -0.25) is 0 Å². The third kappa shape index (κ3) is 2.16. The van der Waals surface area contributed by atoms with E-state index in [0.717, 1.165) is 17.8 Å². The summed E-state index contributed by atoms with van der Waals surface area (Å²) in [6.07, 6.45) is 18.1. The second-order valence-electron chi connectivity index (χ2n) is 11.7. The van der Waals surface area contributed by atoms with Crippen LogP contribution in [0, 0.1) is 39.4 Å². The van der Waals surface area contributed by atoms with E-state index < -0.39 is 0 Å². The fraction of sp³-hybridized carbons (Fsp3) is 1.00. The third-order valence-electron chi connectivity index (χ3n) is 10.8. The summed E-state index contributed by atoms with van der Waals surface area (Å²) in [4.78, 5) is 0. The van der Waals surface area contributed by atoms with Crippen LogP contribution in [0.2, 0.25) is 0 Å². The fourth-order valence-corrected chi connectivity index (χ4v) is 8.72. The standard InChI is InChI=1S/C24H42/c1-18-10-16-24(5)20-11-15-21(2)12-6-7-14-23(21,4)19(20)9-8-13-22(24,3)17-18/h18-20H,6-17H2,1-5H3. The minimum atomic E-state index is 0.614. The summed E-state index contributed by atoms with van der Waals surface area (Å²) in [6, 6.07) is 0. The van der Waals surface area contributed by atoms with Crippen LogP contribution in [-0.4, -0.2) is 0 Å². The molecule has 4 aliphatic carbocycles. The Morgan fingerprint density at radius 1 is 0.583 bits per heavy atom. The van der Waals surface area contributed by atoms with Crippen molar-refractivity contribution in [3.8, 4) is 0 Å². The van der Waals surface area contributed by atoms with Crippen LogP contribution < -0.4 is 0 Å². The van der Waals surface area contributed by atoms with Gasteiger partial charge < -0.3 is 0 Å². The molecule has 138 valence electrons. The molecule has 4 rings (SSSR count). The first kappa shape index (κ1) is 17.4. The lowest BCUT2D eigenvalue weighted by Crippen LogP contribution is -2.57. The van der Waals surface area contributed by atoms with Crippen molar-refractivity contribution in [2.45, 2.75) is 112 Å². The summed E-state index contributed by atoms with van der Waals surface area (Å²) < 4.78 is 0. The third-order valence-corrected chi connectivity index (χ3v) is 10.8. The van der Waals surface area contributed by atoms with Crippen molar-refractivity contribution in [2.75, 3.05) is 0 Å². The average molecular weight is 331 g/mol. The molecule has 7 atom stereocenters. The number of hydrogen-bond acceptors (Lipinski definition) is 0. The van der Waals surface area contributed by atoms with Crippen LogP contribution >= 0.6 is 0 Å². The second-order valence-corrected chi connectivity index (χ2v) is 11.7. The highest BCUT2D eigenvalue weighted by molar-refractivity contribution is 5.12. The van der Waals surface area contributed by atoms with Crippen LogP contribution in [0.4, 0.5) is 0 Å². The molecule has 0 amide bonds. The molecule has 0 heteroatoms. The summed E-state index contributed by atoms with van der Waals surface area (Å²) in [5.74, 6) is 2.98. The van der Waals surface area contributed by atoms with Crippen LogP contribution in [0.1, 0.15) is 112 Å². The minimum Gasteiger partial charge on any atom is -0.0625 e. The number of rotatable bonds is 0. The van der Waals surface area contributed by atoms with E-state index in [2.05, 4.69) is 34.6 Å². The molecule has 7 unspecified atom stereocenters. The maximum absolute atomic E-state index is 2.75. The molecule has 24 heavy (non-hydrogen) atoms. The van der Waals surface area contributed by atoms with Gasteiger partial charge in [-0.25, -0.2) is 0 Å². The SMILES string of the molecule is CC1CCC2(C)C3CCC4(C)CCCCC4(C)C3CCCC2(C)C1. The molecule has 4 fully saturated rings. The topological polar surface area (TPSA) is 0 Å². The van der Waals surface area contributed by atoms with E-state index in [1.807, 2.05) is 0 Å². The predicted octanol–water partition coefficient (Wildman–Crippen LogP) is 7.62. The lowest BCUT2D eigenvalue weighted by molar-refractivity contribution is -0.160. The molecule has 0 aromatic heterocycles. The molecular formula is C24H42. The van der Waals surface area contributed by atoms with Gasteiger partial charge in [-0.1, -0.05) is 60.3 Å². The quantitative estimate of drug-likeness (QED) is 0.428. The Labute approximate surface area is 151 Å². The van der Waals surface area contributed by atoms with Gasteiger partial charge in [0, 0.05) is 0 Å². The predicted molar refractivity (Wildman–Crippen MR) is 104 cm³/mol. The van der Waals surface area contributed by atoms with Gasteiger partial charge in [-0.2, -0.15) is 0 Å². The Bertz CT molecular complexity index is 494. The summed E-state index contributed by atoms with van der Waals surface area (Å²) >= 11 is 0. The van der Waals surface area contributed by atoms with E-state index in [-0.39, 0.29) is 0 Å². The van der Waals surface area contributed by atoms with E-state index in [1.54, 1.807) is 0 Å². The maximum Gasteiger partial charge on any atom is -0.0241 e. The van der Waals surface area contributed by atoms with Gasteiger partial charge >= 0.3 is 0 Å². The molecule has 0 heterocycles. The van der Waals surface area contributed by atoms with Crippen LogP contribution in [-0.2, 0) is 0 Å². The van der Waals surface area contributed by atoms with E-state index in [0.29, 0.717) is 21.7 Å². The smallest absolute Gasteiger partial charge is 0.0241 e. The van der Waals surface area contributed by atoms with Crippen LogP contribution in [0.5, 0.6) is 0 Å². The molecule has 4 aliphatic rings. The Hall–Kier alpha value is 0. The Morgan fingerprint density at radius 2 is 1.21 bits per heavy atom. The molecule has 0 aromatic carbocycles. The van der Waals surface area contributed by atoms with Crippen LogP contribution in [0.15, 0.2) is 0 Å². The molecule has 0 bridgehead atoms. The molecule has 0 saturated heterocycles. The highest BCUT2D eigenvalue weighted by atomic mass is 14.7.